The van der Waals surface area contributed by atoms with Gasteiger partial charge in [-0.25, -0.2) is 4.98 Å². The van der Waals surface area contributed by atoms with Gasteiger partial charge in [-0.15, -0.1) is 0 Å². The third-order valence-electron chi connectivity index (χ3n) is 3.08. The van der Waals surface area contributed by atoms with E-state index >= 15 is 0 Å². The molecule has 4 nitrogen and oxygen atoms in total. The lowest BCUT2D eigenvalue weighted by Crippen LogP contribution is -2.19. The molecule has 1 N–H and O–H groups in total. The standard InChI is InChI=1S/C18H17N3O.2C2H6/c1-3-16-17(4-2)21(13-12-19-14-22)18(20-16)11-10-15-8-6-5-7-9-15;2*1-2/h3-9,14H,1-2,12-13H2,(H,19,22);2*1-2H3. The zero-order valence-electron chi connectivity index (χ0n) is 16.2. The summed E-state index contributed by atoms with van der Waals surface area (Å²) in [5.41, 5.74) is 2.50. The Morgan fingerprint density at radius 2 is 1.73 bits per heavy atom. The molecule has 1 heterocycles. The van der Waals surface area contributed by atoms with Crippen LogP contribution in [0.1, 0.15) is 50.5 Å². The first-order chi connectivity index (χ1) is 12.8. The number of nitrogens with one attached hydrogen (secondary N) is 1. The molecule has 0 unspecified atom stereocenters. The smallest absolute Gasteiger partial charge is 0.207 e. The van der Waals surface area contributed by atoms with Crippen molar-refractivity contribution in [2.45, 2.75) is 34.2 Å². The van der Waals surface area contributed by atoms with Crippen molar-refractivity contribution in [3.63, 3.8) is 0 Å². The quantitative estimate of drug-likeness (QED) is 0.477. The SMILES string of the molecule is C=Cc1nc(C#Cc2ccccc2)n(CCNC=O)c1C=C.CC.CC. The minimum Gasteiger partial charge on any atom is -0.357 e. The number of hydrogen-bond acceptors (Lipinski definition) is 2. The van der Waals surface area contributed by atoms with Crippen LogP contribution in [0.3, 0.4) is 0 Å². The fourth-order valence-corrected chi connectivity index (χ4v) is 2.06. The first-order valence-corrected chi connectivity index (χ1v) is 8.89. The van der Waals surface area contributed by atoms with E-state index in [-0.39, 0.29) is 0 Å². The van der Waals surface area contributed by atoms with E-state index in [1.54, 1.807) is 12.2 Å². The number of carbonyl (C=O) groups is 1. The molecule has 138 valence electrons. The molecule has 0 aliphatic heterocycles. The first-order valence-electron chi connectivity index (χ1n) is 8.89. The highest BCUT2D eigenvalue weighted by atomic mass is 16.1. The summed E-state index contributed by atoms with van der Waals surface area (Å²) in [7, 11) is 0. The highest BCUT2D eigenvalue weighted by Crippen LogP contribution is 2.14. The Balaban J connectivity index is 0.00000146. The summed E-state index contributed by atoms with van der Waals surface area (Å²) >= 11 is 0. The highest BCUT2D eigenvalue weighted by Gasteiger charge is 2.11. The van der Waals surface area contributed by atoms with Gasteiger partial charge >= 0.3 is 0 Å². The van der Waals surface area contributed by atoms with Gasteiger partial charge < -0.3 is 9.88 Å². The molecule has 0 saturated heterocycles. The molecular formula is C22H29N3O. The third-order valence-corrected chi connectivity index (χ3v) is 3.08. The largest absolute Gasteiger partial charge is 0.357 e. The van der Waals surface area contributed by atoms with E-state index in [4.69, 9.17) is 0 Å². The lowest BCUT2D eigenvalue weighted by atomic mass is 10.2. The third kappa shape index (κ3) is 6.82. The normalized spacial score (nSPS) is 8.46. The molecule has 0 atom stereocenters. The van der Waals surface area contributed by atoms with Gasteiger partial charge in [-0.2, -0.15) is 0 Å². The number of rotatable bonds is 6. The molecule has 1 amide bonds. The van der Waals surface area contributed by atoms with Crippen molar-refractivity contribution in [2.75, 3.05) is 6.54 Å². The van der Waals surface area contributed by atoms with E-state index in [2.05, 4.69) is 35.3 Å². The van der Waals surface area contributed by atoms with Gasteiger partial charge in [0.05, 0.1) is 11.4 Å². The van der Waals surface area contributed by atoms with Crippen molar-refractivity contribution in [1.29, 1.82) is 0 Å². The van der Waals surface area contributed by atoms with Crippen LogP contribution in [0.25, 0.3) is 12.2 Å². The van der Waals surface area contributed by atoms with Gasteiger partial charge in [0.25, 0.3) is 0 Å². The predicted molar refractivity (Wildman–Crippen MR) is 112 cm³/mol. The van der Waals surface area contributed by atoms with Crippen molar-refractivity contribution < 1.29 is 4.79 Å². The molecule has 0 aliphatic rings. The van der Waals surface area contributed by atoms with E-state index in [0.717, 1.165) is 17.0 Å². The molecule has 0 spiro atoms. The summed E-state index contributed by atoms with van der Waals surface area (Å²) in [6.45, 7) is 16.6. The summed E-state index contributed by atoms with van der Waals surface area (Å²) in [6.07, 6.45) is 4.07. The van der Waals surface area contributed by atoms with E-state index in [1.165, 1.54) is 0 Å². The van der Waals surface area contributed by atoms with Crippen molar-refractivity contribution in [3.8, 4) is 11.8 Å². The summed E-state index contributed by atoms with van der Waals surface area (Å²) < 4.78 is 1.93. The number of amides is 1. The number of hydrogen-bond donors (Lipinski definition) is 1. The van der Waals surface area contributed by atoms with Crippen LogP contribution in [-0.2, 0) is 11.3 Å². The highest BCUT2D eigenvalue weighted by molar-refractivity contribution is 5.60. The molecule has 0 radical (unpaired) electrons. The average molecular weight is 351 g/mol. The maximum atomic E-state index is 10.4. The van der Waals surface area contributed by atoms with Crippen LogP contribution in [0.4, 0.5) is 0 Å². The van der Waals surface area contributed by atoms with Gasteiger partial charge in [0, 0.05) is 18.7 Å². The molecule has 1 aromatic heterocycles. The number of carbonyl (C=O) groups excluding carboxylic acids is 1. The van der Waals surface area contributed by atoms with Crippen LogP contribution in [-0.4, -0.2) is 22.5 Å². The van der Waals surface area contributed by atoms with Gasteiger partial charge in [0.1, 0.15) is 0 Å². The van der Waals surface area contributed by atoms with Gasteiger partial charge in [-0.1, -0.05) is 65.0 Å². The van der Waals surface area contributed by atoms with Gasteiger partial charge in [0.2, 0.25) is 6.41 Å². The van der Waals surface area contributed by atoms with E-state index in [0.29, 0.717) is 25.3 Å². The van der Waals surface area contributed by atoms with E-state index in [9.17, 15) is 4.79 Å². The molecule has 0 saturated carbocycles. The summed E-state index contributed by atoms with van der Waals surface area (Å²) in [6, 6.07) is 9.71. The monoisotopic (exact) mass is 351 g/mol. The zero-order chi connectivity index (χ0) is 19.8. The molecule has 26 heavy (non-hydrogen) atoms. The molecule has 1 aromatic carbocycles. The molecule has 4 heteroatoms. The minimum absolute atomic E-state index is 0.497. The Kier molecular flexibility index (Phi) is 12.6. The van der Waals surface area contributed by atoms with Crippen LogP contribution in [0.15, 0.2) is 43.5 Å². The van der Waals surface area contributed by atoms with Crippen molar-refractivity contribution >= 4 is 18.6 Å². The molecule has 0 bridgehead atoms. The van der Waals surface area contributed by atoms with Crippen LogP contribution >= 0.6 is 0 Å². The molecule has 0 aliphatic carbocycles. The van der Waals surface area contributed by atoms with E-state index in [1.807, 2.05) is 62.6 Å². The predicted octanol–water partition coefficient (Wildman–Crippen LogP) is 4.37. The lowest BCUT2D eigenvalue weighted by molar-refractivity contribution is -0.109. The van der Waals surface area contributed by atoms with Crippen molar-refractivity contribution in [3.05, 3.63) is 66.3 Å². The topological polar surface area (TPSA) is 46.9 Å². The average Bonchev–Trinajstić information content (AvgIpc) is 3.07. The zero-order valence-corrected chi connectivity index (χ0v) is 16.2. The van der Waals surface area contributed by atoms with Crippen LogP contribution < -0.4 is 5.32 Å². The first kappa shape index (κ1) is 22.9. The van der Waals surface area contributed by atoms with E-state index < -0.39 is 0 Å². The second-order valence-corrected chi connectivity index (χ2v) is 4.45. The maximum absolute atomic E-state index is 10.4. The Morgan fingerprint density at radius 1 is 1.08 bits per heavy atom. The number of aromatic nitrogens is 2. The van der Waals surface area contributed by atoms with Gasteiger partial charge in [0.15, 0.2) is 5.82 Å². The maximum Gasteiger partial charge on any atom is 0.207 e. The number of imidazole rings is 1. The Morgan fingerprint density at radius 3 is 2.27 bits per heavy atom. The Hall–Kier alpha value is -3.06. The van der Waals surface area contributed by atoms with Crippen molar-refractivity contribution in [2.24, 2.45) is 0 Å². The molecule has 2 rings (SSSR count). The van der Waals surface area contributed by atoms with Crippen LogP contribution in [0.5, 0.6) is 0 Å². The lowest BCUT2D eigenvalue weighted by Gasteiger charge is -2.06. The fourth-order valence-electron chi connectivity index (χ4n) is 2.06. The van der Waals surface area contributed by atoms with Gasteiger partial charge in [-0.05, 0) is 30.2 Å². The molecule has 0 fully saturated rings. The second kappa shape index (κ2) is 14.3. The summed E-state index contributed by atoms with van der Waals surface area (Å²) in [5, 5.41) is 2.64. The summed E-state index contributed by atoms with van der Waals surface area (Å²) in [5.74, 6) is 6.79. The van der Waals surface area contributed by atoms with Crippen molar-refractivity contribution in [1.82, 2.24) is 14.9 Å². The molecular weight excluding hydrogens is 322 g/mol. The van der Waals surface area contributed by atoms with Crippen LogP contribution in [0, 0.1) is 11.8 Å². The minimum atomic E-state index is 0.497. The molecule has 2 aromatic rings. The Bertz CT molecular complexity index is 734. The number of nitrogens with zero attached hydrogens (tertiary/aromatic N) is 2. The fraction of sp³-hybridized carbons (Fsp3) is 0.273. The van der Waals surface area contributed by atoms with Gasteiger partial charge in [-0.3, -0.25) is 4.79 Å². The number of benzene rings is 1. The second-order valence-electron chi connectivity index (χ2n) is 4.45. The van der Waals surface area contributed by atoms with Crippen LogP contribution in [0.2, 0.25) is 0 Å². The summed E-state index contributed by atoms with van der Waals surface area (Å²) in [4.78, 5) is 14.9. The Labute approximate surface area is 157 Å².